The van der Waals surface area contributed by atoms with E-state index in [1.807, 2.05) is 25.1 Å². The average molecular weight is 570 g/mol. The number of carbonyl (C=O) groups excluding carboxylic acids is 1. The van der Waals surface area contributed by atoms with E-state index in [2.05, 4.69) is 19.8 Å². The number of hydrogen-bond donors (Lipinski definition) is 2. The number of thiazole rings is 1. The van der Waals surface area contributed by atoms with Crippen molar-refractivity contribution in [2.75, 3.05) is 48.9 Å². The Morgan fingerprint density at radius 3 is 2.47 bits per heavy atom. The van der Waals surface area contributed by atoms with Gasteiger partial charge < -0.3 is 10.2 Å². The third kappa shape index (κ3) is 5.94. The number of para-hydroxylation sites is 2. The molecule has 0 unspecified atom stereocenters. The maximum Gasteiger partial charge on any atom is 0.261 e. The summed E-state index contributed by atoms with van der Waals surface area (Å²) in [6.07, 6.45) is 0. The number of nitrogens with zero attached hydrogens (tertiary/aromatic N) is 3. The van der Waals surface area contributed by atoms with E-state index >= 15 is 0 Å². The van der Waals surface area contributed by atoms with Crippen LogP contribution in [0.25, 0.3) is 10.2 Å². The van der Waals surface area contributed by atoms with Crippen LogP contribution in [0, 0.1) is 6.92 Å². The lowest BCUT2D eigenvalue weighted by Crippen LogP contribution is -2.48. The lowest BCUT2D eigenvalue weighted by Gasteiger charge is -2.34. The fourth-order valence-corrected chi connectivity index (χ4v) is 6.71. The molecule has 1 aliphatic heterocycles. The quantitative estimate of drug-likeness (QED) is 0.322. The first-order chi connectivity index (χ1) is 18.3. The lowest BCUT2D eigenvalue weighted by molar-refractivity contribution is 0.0948. The van der Waals surface area contributed by atoms with E-state index in [0.29, 0.717) is 18.1 Å². The van der Waals surface area contributed by atoms with Gasteiger partial charge in [-0.3, -0.25) is 14.4 Å². The number of halogens is 1. The standard InChI is InChI=1S/C27H28ClN5O3S2/c1-19-9-11-20(12-10-19)38(35,36)31-23-7-3-2-5-21(23)26(34)29-13-14-32-15-17-33(18-16-32)27-30-25-22(28)6-4-8-24(25)37-27/h2-12,31H,13-18H2,1H3,(H,29,34). The van der Waals surface area contributed by atoms with Gasteiger partial charge in [0.15, 0.2) is 5.13 Å². The summed E-state index contributed by atoms with van der Waals surface area (Å²) in [5, 5.41) is 4.58. The van der Waals surface area contributed by atoms with Gasteiger partial charge in [0.05, 0.1) is 25.9 Å². The Labute approximate surface area is 231 Å². The second-order valence-corrected chi connectivity index (χ2v) is 12.2. The number of anilines is 2. The zero-order chi connectivity index (χ0) is 26.7. The van der Waals surface area contributed by atoms with Crippen molar-refractivity contribution in [2.24, 2.45) is 0 Å². The van der Waals surface area contributed by atoms with Gasteiger partial charge in [-0.25, -0.2) is 13.4 Å². The van der Waals surface area contributed by atoms with Crippen molar-refractivity contribution in [3.8, 4) is 0 Å². The number of nitrogens with one attached hydrogen (secondary N) is 2. The first-order valence-electron chi connectivity index (χ1n) is 12.3. The molecule has 0 spiro atoms. The summed E-state index contributed by atoms with van der Waals surface area (Å²) in [7, 11) is -3.82. The van der Waals surface area contributed by atoms with Crippen molar-refractivity contribution in [1.29, 1.82) is 0 Å². The van der Waals surface area contributed by atoms with Crippen molar-refractivity contribution in [1.82, 2.24) is 15.2 Å². The Morgan fingerprint density at radius 2 is 1.74 bits per heavy atom. The maximum atomic E-state index is 12.9. The van der Waals surface area contributed by atoms with Gasteiger partial charge >= 0.3 is 0 Å². The molecule has 1 aromatic heterocycles. The Bertz CT molecular complexity index is 1550. The van der Waals surface area contributed by atoms with Crippen LogP contribution in [-0.2, 0) is 10.0 Å². The summed E-state index contributed by atoms with van der Waals surface area (Å²) in [6.45, 7) is 6.43. The van der Waals surface area contributed by atoms with Crippen molar-refractivity contribution in [3.63, 3.8) is 0 Å². The minimum Gasteiger partial charge on any atom is -0.351 e. The molecule has 1 saturated heterocycles. The summed E-state index contributed by atoms with van der Waals surface area (Å²) < 4.78 is 29.3. The number of aromatic nitrogens is 1. The number of aryl methyl sites for hydroxylation is 1. The second-order valence-electron chi connectivity index (χ2n) is 9.13. The summed E-state index contributed by atoms with van der Waals surface area (Å²) in [6, 6.07) is 19.0. The summed E-state index contributed by atoms with van der Waals surface area (Å²) in [4.78, 5) is 22.4. The van der Waals surface area contributed by atoms with Crippen LogP contribution in [0.2, 0.25) is 5.02 Å². The van der Waals surface area contributed by atoms with Crippen LogP contribution in [0.5, 0.6) is 0 Å². The van der Waals surface area contributed by atoms with Crippen molar-refractivity contribution in [2.45, 2.75) is 11.8 Å². The Balaban J connectivity index is 1.14. The second kappa shape index (κ2) is 11.3. The Hall–Kier alpha value is -3.18. The monoisotopic (exact) mass is 569 g/mol. The highest BCUT2D eigenvalue weighted by atomic mass is 35.5. The third-order valence-corrected chi connectivity index (χ3v) is 9.23. The third-order valence-electron chi connectivity index (χ3n) is 6.46. The molecule has 11 heteroatoms. The molecule has 198 valence electrons. The zero-order valence-electron chi connectivity index (χ0n) is 20.9. The fraction of sp³-hybridized carbons (Fsp3) is 0.259. The van der Waals surface area contributed by atoms with Crippen molar-refractivity contribution in [3.05, 3.63) is 82.9 Å². The highest BCUT2D eigenvalue weighted by Gasteiger charge is 2.21. The molecule has 2 N–H and O–H groups in total. The van der Waals surface area contributed by atoms with Gasteiger partial charge in [-0.2, -0.15) is 0 Å². The molecular weight excluding hydrogens is 542 g/mol. The fourth-order valence-electron chi connectivity index (χ4n) is 4.32. The topological polar surface area (TPSA) is 94.6 Å². The molecule has 1 aliphatic rings. The molecule has 8 nitrogen and oxygen atoms in total. The van der Waals surface area contributed by atoms with Crippen LogP contribution < -0.4 is 14.9 Å². The smallest absolute Gasteiger partial charge is 0.261 e. The summed E-state index contributed by atoms with van der Waals surface area (Å²) >= 11 is 7.93. The van der Waals surface area contributed by atoms with Crippen LogP contribution in [0.4, 0.5) is 10.8 Å². The molecule has 1 fully saturated rings. The van der Waals surface area contributed by atoms with E-state index in [1.54, 1.807) is 59.9 Å². The average Bonchev–Trinajstić information content (AvgIpc) is 3.35. The molecule has 2 heterocycles. The largest absolute Gasteiger partial charge is 0.351 e. The first-order valence-corrected chi connectivity index (χ1v) is 15.0. The summed E-state index contributed by atoms with van der Waals surface area (Å²) in [5.41, 5.74) is 2.34. The molecule has 0 saturated carbocycles. The van der Waals surface area contributed by atoms with Crippen LogP contribution in [0.3, 0.4) is 0 Å². The SMILES string of the molecule is Cc1ccc(S(=O)(=O)Nc2ccccc2C(=O)NCCN2CCN(c3nc4c(Cl)cccc4s3)CC2)cc1. The van der Waals surface area contributed by atoms with Gasteiger partial charge in [0.2, 0.25) is 0 Å². The Morgan fingerprint density at radius 1 is 1.00 bits per heavy atom. The van der Waals surface area contributed by atoms with E-state index in [9.17, 15) is 13.2 Å². The van der Waals surface area contributed by atoms with E-state index in [-0.39, 0.29) is 22.1 Å². The minimum absolute atomic E-state index is 0.145. The molecule has 5 rings (SSSR count). The van der Waals surface area contributed by atoms with Crippen molar-refractivity contribution >= 4 is 59.9 Å². The number of amides is 1. The maximum absolute atomic E-state index is 12.9. The number of carbonyl (C=O) groups is 1. The predicted octanol–water partition coefficient (Wildman–Crippen LogP) is 4.61. The van der Waals surface area contributed by atoms with Gasteiger partial charge in [-0.05, 0) is 43.3 Å². The normalized spacial score (nSPS) is 14.5. The molecular formula is C27H28ClN5O3S2. The van der Waals surface area contributed by atoms with Crippen LogP contribution in [0.15, 0.2) is 71.6 Å². The van der Waals surface area contributed by atoms with Gasteiger partial charge in [-0.1, -0.05) is 58.8 Å². The highest BCUT2D eigenvalue weighted by Crippen LogP contribution is 2.33. The molecule has 4 aromatic rings. The van der Waals surface area contributed by atoms with Gasteiger partial charge in [0.1, 0.15) is 5.52 Å². The minimum atomic E-state index is -3.82. The summed E-state index contributed by atoms with van der Waals surface area (Å²) in [5.74, 6) is -0.322. The molecule has 0 atom stereocenters. The Kier molecular flexibility index (Phi) is 7.85. The molecule has 0 radical (unpaired) electrons. The van der Waals surface area contributed by atoms with Crippen LogP contribution in [-0.4, -0.2) is 63.5 Å². The van der Waals surface area contributed by atoms with Gasteiger partial charge in [0, 0.05) is 39.3 Å². The molecule has 0 aliphatic carbocycles. The van der Waals surface area contributed by atoms with E-state index in [0.717, 1.165) is 47.1 Å². The zero-order valence-corrected chi connectivity index (χ0v) is 23.2. The molecule has 1 amide bonds. The van der Waals surface area contributed by atoms with Gasteiger partial charge in [-0.15, -0.1) is 0 Å². The number of rotatable bonds is 8. The molecule has 0 bridgehead atoms. The predicted molar refractivity (Wildman–Crippen MR) is 154 cm³/mol. The number of hydrogen-bond acceptors (Lipinski definition) is 7. The highest BCUT2D eigenvalue weighted by molar-refractivity contribution is 7.92. The van der Waals surface area contributed by atoms with E-state index < -0.39 is 10.0 Å². The number of sulfonamides is 1. The van der Waals surface area contributed by atoms with Crippen molar-refractivity contribution < 1.29 is 13.2 Å². The van der Waals surface area contributed by atoms with E-state index in [1.165, 1.54) is 0 Å². The van der Waals surface area contributed by atoms with E-state index in [4.69, 9.17) is 16.6 Å². The number of fused-ring (bicyclic) bond motifs is 1. The number of benzene rings is 3. The van der Waals surface area contributed by atoms with Crippen LogP contribution >= 0.6 is 22.9 Å². The lowest BCUT2D eigenvalue weighted by atomic mass is 10.1. The van der Waals surface area contributed by atoms with Crippen LogP contribution in [0.1, 0.15) is 15.9 Å². The molecule has 38 heavy (non-hydrogen) atoms. The first kappa shape index (κ1) is 26.4. The number of piperazine rings is 1. The van der Waals surface area contributed by atoms with Gasteiger partial charge in [0.25, 0.3) is 15.9 Å². The molecule has 3 aromatic carbocycles.